The fourth-order valence-corrected chi connectivity index (χ4v) is 3.40. The molecule has 0 bridgehead atoms. The summed E-state index contributed by atoms with van der Waals surface area (Å²) in [7, 11) is 0. The van der Waals surface area contributed by atoms with Gasteiger partial charge in [-0.05, 0) is 29.7 Å². The summed E-state index contributed by atoms with van der Waals surface area (Å²) in [6.45, 7) is 5.08. The van der Waals surface area contributed by atoms with Crippen molar-refractivity contribution in [2.75, 3.05) is 12.3 Å². The summed E-state index contributed by atoms with van der Waals surface area (Å²) in [4.78, 5) is 33.8. The van der Waals surface area contributed by atoms with Crippen molar-refractivity contribution in [2.24, 2.45) is 5.92 Å². The summed E-state index contributed by atoms with van der Waals surface area (Å²) in [5.41, 5.74) is 1.42. The first kappa shape index (κ1) is 19.1. The van der Waals surface area contributed by atoms with Gasteiger partial charge in [-0.3, -0.25) is 19.1 Å². The SMILES string of the molecule is CC(C)CNC(=O)CSc1nc2ccccc2c(=O)n1Cc1cccnc1. The lowest BCUT2D eigenvalue weighted by molar-refractivity contribution is -0.118. The number of carbonyl (C=O) groups excluding carboxylic acids is 1. The van der Waals surface area contributed by atoms with E-state index >= 15 is 0 Å². The van der Waals surface area contributed by atoms with Crippen LogP contribution in [-0.2, 0) is 11.3 Å². The number of nitrogens with one attached hydrogen (secondary N) is 1. The molecule has 1 amide bonds. The highest BCUT2D eigenvalue weighted by Crippen LogP contribution is 2.18. The van der Waals surface area contributed by atoms with E-state index < -0.39 is 0 Å². The standard InChI is InChI=1S/C20H22N4O2S/c1-14(2)10-22-18(25)13-27-20-23-17-8-4-3-7-16(17)19(26)24(20)12-15-6-5-9-21-11-15/h3-9,11,14H,10,12-13H2,1-2H3,(H,22,25). The molecule has 2 aromatic heterocycles. The van der Waals surface area contributed by atoms with Gasteiger partial charge in [-0.15, -0.1) is 0 Å². The zero-order valence-corrected chi connectivity index (χ0v) is 16.2. The highest BCUT2D eigenvalue weighted by atomic mass is 32.2. The van der Waals surface area contributed by atoms with Crippen molar-refractivity contribution in [2.45, 2.75) is 25.5 Å². The number of para-hydroxylation sites is 1. The van der Waals surface area contributed by atoms with E-state index in [9.17, 15) is 9.59 Å². The molecule has 0 atom stereocenters. The van der Waals surface area contributed by atoms with Crippen LogP contribution >= 0.6 is 11.8 Å². The fraction of sp³-hybridized carbons (Fsp3) is 0.300. The summed E-state index contributed by atoms with van der Waals surface area (Å²) in [5.74, 6) is 0.537. The number of rotatable bonds is 7. The van der Waals surface area contributed by atoms with Gasteiger partial charge in [-0.2, -0.15) is 0 Å². The van der Waals surface area contributed by atoms with E-state index in [4.69, 9.17) is 0 Å². The number of nitrogens with zero attached hydrogens (tertiary/aromatic N) is 3. The van der Waals surface area contributed by atoms with Crippen molar-refractivity contribution < 1.29 is 4.79 Å². The van der Waals surface area contributed by atoms with Gasteiger partial charge in [0.05, 0.1) is 23.2 Å². The Bertz CT molecular complexity index is 986. The second-order valence-electron chi connectivity index (χ2n) is 6.65. The lowest BCUT2D eigenvalue weighted by atomic mass is 10.2. The average molecular weight is 382 g/mol. The van der Waals surface area contributed by atoms with E-state index in [1.54, 1.807) is 23.0 Å². The molecule has 0 spiro atoms. The molecule has 2 heterocycles. The minimum Gasteiger partial charge on any atom is -0.355 e. The van der Waals surface area contributed by atoms with Gasteiger partial charge in [-0.1, -0.05) is 43.8 Å². The van der Waals surface area contributed by atoms with E-state index in [1.807, 2.05) is 44.2 Å². The molecular weight excluding hydrogens is 360 g/mol. The van der Waals surface area contributed by atoms with Crippen LogP contribution in [0.25, 0.3) is 10.9 Å². The fourth-order valence-electron chi connectivity index (χ4n) is 2.57. The Morgan fingerprint density at radius 1 is 1.22 bits per heavy atom. The molecule has 0 radical (unpaired) electrons. The van der Waals surface area contributed by atoms with Crippen molar-refractivity contribution in [3.63, 3.8) is 0 Å². The molecule has 0 saturated carbocycles. The first-order chi connectivity index (χ1) is 13.0. The third-order valence-corrected chi connectivity index (χ3v) is 4.91. The molecule has 27 heavy (non-hydrogen) atoms. The van der Waals surface area contributed by atoms with Crippen LogP contribution in [0.3, 0.4) is 0 Å². The third-order valence-electron chi connectivity index (χ3n) is 3.93. The van der Waals surface area contributed by atoms with Crippen LogP contribution in [0.15, 0.2) is 58.7 Å². The maximum absolute atomic E-state index is 13.0. The van der Waals surface area contributed by atoms with E-state index in [0.717, 1.165) is 5.56 Å². The van der Waals surface area contributed by atoms with Gasteiger partial charge in [-0.25, -0.2) is 4.98 Å². The summed E-state index contributed by atoms with van der Waals surface area (Å²) < 4.78 is 1.61. The van der Waals surface area contributed by atoms with Crippen LogP contribution in [-0.4, -0.2) is 32.7 Å². The number of amides is 1. The van der Waals surface area contributed by atoms with Gasteiger partial charge < -0.3 is 5.32 Å². The molecule has 3 rings (SSSR count). The summed E-state index contributed by atoms with van der Waals surface area (Å²) in [5, 5.41) is 3.98. The van der Waals surface area contributed by atoms with Crippen molar-refractivity contribution in [1.82, 2.24) is 19.9 Å². The molecule has 1 N–H and O–H groups in total. The van der Waals surface area contributed by atoms with Crippen LogP contribution in [0.5, 0.6) is 0 Å². The Morgan fingerprint density at radius 2 is 2.04 bits per heavy atom. The Hall–Kier alpha value is -2.67. The van der Waals surface area contributed by atoms with Gasteiger partial charge in [0.2, 0.25) is 5.91 Å². The summed E-state index contributed by atoms with van der Waals surface area (Å²) in [6.07, 6.45) is 3.42. The van der Waals surface area contributed by atoms with E-state index in [2.05, 4.69) is 15.3 Å². The van der Waals surface area contributed by atoms with Crippen LogP contribution < -0.4 is 10.9 Å². The molecule has 0 unspecified atom stereocenters. The van der Waals surface area contributed by atoms with Gasteiger partial charge in [0.1, 0.15) is 0 Å². The highest BCUT2D eigenvalue weighted by Gasteiger charge is 2.14. The maximum atomic E-state index is 13.0. The number of fused-ring (bicyclic) bond motifs is 1. The van der Waals surface area contributed by atoms with Crippen LogP contribution in [0, 0.1) is 5.92 Å². The number of hydrogen-bond donors (Lipinski definition) is 1. The minimum absolute atomic E-state index is 0.0657. The molecule has 1 aromatic carbocycles. The van der Waals surface area contributed by atoms with Crippen molar-refractivity contribution in [3.8, 4) is 0 Å². The second kappa shape index (κ2) is 8.81. The van der Waals surface area contributed by atoms with Crippen molar-refractivity contribution in [3.05, 3.63) is 64.7 Å². The molecule has 0 fully saturated rings. The first-order valence-corrected chi connectivity index (χ1v) is 9.81. The Balaban J connectivity index is 1.91. The van der Waals surface area contributed by atoms with E-state index in [1.165, 1.54) is 11.8 Å². The average Bonchev–Trinajstić information content (AvgIpc) is 2.68. The van der Waals surface area contributed by atoms with E-state index in [-0.39, 0.29) is 17.2 Å². The predicted octanol–water partition coefficient (Wildman–Crippen LogP) is 2.70. The molecule has 0 aliphatic rings. The number of carbonyl (C=O) groups is 1. The number of hydrogen-bond acceptors (Lipinski definition) is 5. The van der Waals surface area contributed by atoms with Gasteiger partial charge in [0, 0.05) is 18.9 Å². The molecule has 3 aromatic rings. The lowest BCUT2D eigenvalue weighted by Crippen LogP contribution is -2.29. The number of thioether (sulfide) groups is 1. The maximum Gasteiger partial charge on any atom is 0.262 e. The number of aromatic nitrogens is 3. The summed E-state index contributed by atoms with van der Waals surface area (Å²) >= 11 is 1.27. The molecule has 0 aliphatic heterocycles. The largest absolute Gasteiger partial charge is 0.355 e. The minimum atomic E-state index is -0.116. The number of benzene rings is 1. The first-order valence-electron chi connectivity index (χ1n) is 8.82. The van der Waals surface area contributed by atoms with Crippen LogP contribution in [0.4, 0.5) is 0 Å². The predicted molar refractivity (Wildman–Crippen MR) is 108 cm³/mol. The Morgan fingerprint density at radius 3 is 2.78 bits per heavy atom. The molecule has 6 nitrogen and oxygen atoms in total. The smallest absolute Gasteiger partial charge is 0.262 e. The quantitative estimate of drug-likeness (QED) is 0.502. The summed E-state index contributed by atoms with van der Waals surface area (Å²) in [6, 6.07) is 11.0. The number of pyridine rings is 1. The monoisotopic (exact) mass is 382 g/mol. The van der Waals surface area contributed by atoms with Gasteiger partial charge >= 0.3 is 0 Å². The Labute approximate surface area is 162 Å². The highest BCUT2D eigenvalue weighted by molar-refractivity contribution is 7.99. The molecule has 140 valence electrons. The van der Waals surface area contributed by atoms with Crippen LogP contribution in [0.2, 0.25) is 0 Å². The molecular formula is C20H22N4O2S. The van der Waals surface area contributed by atoms with Gasteiger partial charge in [0.25, 0.3) is 5.56 Å². The lowest BCUT2D eigenvalue weighted by Gasteiger charge is -2.13. The van der Waals surface area contributed by atoms with Crippen LogP contribution in [0.1, 0.15) is 19.4 Å². The van der Waals surface area contributed by atoms with Crippen molar-refractivity contribution >= 4 is 28.6 Å². The van der Waals surface area contributed by atoms with Gasteiger partial charge in [0.15, 0.2) is 5.16 Å². The van der Waals surface area contributed by atoms with E-state index in [0.29, 0.717) is 35.1 Å². The zero-order chi connectivity index (χ0) is 19.2. The molecule has 0 aliphatic carbocycles. The Kier molecular flexibility index (Phi) is 6.24. The molecule has 0 saturated heterocycles. The van der Waals surface area contributed by atoms with Crippen molar-refractivity contribution in [1.29, 1.82) is 0 Å². The zero-order valence-electron chi connectivity index (χ0n) is 15.4. The topological polar surface area (TPSA) is 76.9 Å². The molecule has 7 heteroatoms. The third kappa shape index (κ3) is 4.95. The normalized spacial score (nSPS) is 11.1. The second-order valence-corrected chi connectivity index (χ2v) is 7.59.